The third-order valence-electron chi connectivity index (χ3n) is 3.59. The van der Waals surface area contributed by atoms with Gasteiger partial charge in [0, 0.05) is 13.0 Å². The van der Waals surface area contributed by atoms with E-state index in [1.54, 1.807) is 16.8 Å². The van der Waals surface area contributed by atoms with Gasteiger partial charge in [-0.2, -0.15) is 5.10 Å². The molecule has 1 aliphatic rings. The van der Waals surface area contributed by atoms with Gasteiger partial charge in [-0.25, -0.2) is 9.07 Å². The maximum absolute atomic E-state index is 14.2. The second-order valence-corrected chi connectivity index (χ2v) is 4.82. The molecule has 0 saturated carbocycles. The van der Waals surface area contributed by atoms with E-state index in [4.69, 9.17) is 4.74 Å². The van der Waals surface area contributed by atoms with E-state index >= 15 is 0 Å². The molecule has 1 saturated heterocycles. The first-order valence-corrected chi connectivity index (χ1v) is 6.63. The van der Waals surface area contributed by atoms with Gasteiger partial charge in [-0.1, -0.05) is 6.07 Å². The molecule has 0 amide bonds. The van der Waals surface area contributed by atoms with Crippen molar-refractivity contribution in [2.75, 3.05) is 13.3 Å². The summed E-state index contributed by atoms with van der Waals surface area (Å²) >= 11 is 0. The van der Waals surface area contributed by atoms with E-state index in [1.807, 2.05) is 0 Å². The van der Waals surface area contributed by atoms with Crippen LogP contribution < -0.4 is 0 Å². The number of ether oxygens (including phenoxy) is 1. The van der Waals surface area contributed by atoms with Crippen LogP contribution in [-0.4, -0.2) is 23.1 Å². The number of rotatable bonds is 3. The standard InChI is InChI=1S/C14H16F2N2O/c15-7-6-10-4-5-12-11(14(10)16)9-17-18(12)13-3-1-2-8-19-13/h4-5,9,13H,1-3,6-8H2. The summed E-state index contributed by atoms with van der Waals surface area (Å²) < 4.78 is 33.9. The first-order valence-electron chi connectivity index (χ1n) is 6.63. The fourth-order valence-corrected chi connectivity index (χ4v) is 2.57. The fraction of sp³-hybridized carbons (Fsp3) is 0.500. The quantitative estimate of drug-likeness (QED) is 0.851. The lowest BCUT2D eigenvalue weighted by molar-refractivity contribution is -0.0366. The Morgan fingerprint density at radius 3 is 3.00 bits per heavy atom. The molecule has 0 aliphatic carbocycles. The van der Waals surface area contributed by atoms with Gasteiger partial charge in [0.25, 0.3) is 0 Å². The number of nitrogens with zero attached hydrogens (tertiary/aromatic N) is 2. The van der Waals surface area contributed by atoms with Gasteiger partial charge < -0.3 is 4.74 Å². The number of fused-ring (bicyclic) bond motifs is 1. The molecular formula is C14H16F2N2O. The second-order valence-electron chi connectivity index (χ2n) is 4.82. The molecule has 1 atom stereocenters. The summed E-state index contributed by atoms with van der Waals surface area (Å²) in [4.78, 5) is 0. The van der Waals surface area contributed by atoms with E-state index in [-0.39, 0.29) is 18.5 Å². The lowest BCUT2D eigenvalue weighted by Gasteiger charge is -2.23. The van der Waals surface area contributed by atoms with Crippen LogP contribution in [0.2, 0.25) is 0 Å². The van der Waals surface area contributed by atoms with Crippen LogP contribution in [0.15, 0.2) is 18.3 Å². The molecule has 0 spiro atoms. The number of aryl methyl sites for hydroxylation is 1. The molecular weight excluding hydrogens is 250 g/mol. The largest absolute Gasteiger partial charge is 0.356 e. The Morgan fingerprint density at radius 1 is 1.37 bits per heavy atom. The molecule has 102 valence electrons. The molecule has 0 bridgehead atoms. The second kappa shape index (κ2) is 5.25. The van der Waals surface area contributed by atoms with Gasteiger partial charge in [-0.15, -0.1) is 0 Å². The number of benzene rings is 1. The van der Waals surface area contributed by atoms with E-state index < -0.39 is 6.67 Å². The van der Waals surface area contributed by atoms with Gasteiger partial charge in [0.05, 0.1) is 23.8 Å². The Morgan fingerprint density at radius 2 is 2.26 bits per heavy atom. The van der Waals surface area contributed by atoms with E-state index in [1.165, 1.54) is 6.20 Å². The molecule has 1 aliphatic heterocycles. The molecule has 0 N–H and O–H groups in total. The van der Waals surface area contributed by atoms with Gasteiger partial charge >= 0.3 is 0 Å². The van der Waals surface area contributed by atoms with Crippen LogP contribution >= 0.6 is 0 Å². The lowest BCUT2D eigenvalue weighted by atomic mass is 10.1. The fourth-order valence-electron chi connectivity index (χ4n) is 2.57. The number of hydrogen-bond acceptors (Lipinski definition) is 2. The van der Waals surface area contributed by atoms with Gasteiger partial charge in [0.15, 0.2) is 6.23 Å². The summed E-state index contributed by atoms with van der Waals surface area (Å²) in [5.41, 5.74) is 1.12. The van der Waals surface area contributed by atoms with Crippen molar-refractivity contribution < 1.29 is 13.5 Å². The summed E-state index contributed by atoms with van der Waals surface area (Å²) in [6.45, 7) is 0.163. The molecule has 1 unspecified atom stereocenters. The zero-order chi connectivity index (χ0) is 13.2. The number of alkyl halides is 1. The van der Waals surface area contributed by atoms with Crippen molar-refractivity contribution in [1.29, 1.82) is 0 Å². The van der Waals surface area contributed by atoms with E-state index in [9.17, 15) is 8.78 Å². The molecule has 1 aromatic carbocycles. The molecule has 2 aromatic rings. The summed E-state index contributed by atoms with van der Waals surface area (Å²) in [5.74, 6) is -0.364. The Labute approximate surface area is 110 Å². The highest BCUT2D eigenvalue weighted by atomic mass is 19.1. The first kappa shape index (κ1) is 12.5. The minimum Gasteiger partial charge on any atom is -0.356 e. The van der Waals surface area contributed by atoms with Crippen molar-refractivity contribution in [3.63, 3.8) is 0 Å². The average Bonchev–Trinajstić information content (AvgIpc) is 2.88. The van der Waals surface area contributed by atoms with E-state index in [0.717, 1.165) is 19.3 Å². The molecule has 1 aromatic heterocycles. The predicted octanol–water partition coefficient (Wildman–Crippen LogP) is 3.39. The van der Waals surface area contributed by atoms with Crippen LogP contribution in [0.3, 0.4) is 0 Å². The molecule has 5 heteroatoms. The Hall–Kier alpha value is -1.49. The lowest BCUT2D eigenvalue weighted by Crippen LogP contribution is -2.18. The van der Waals surface area contributed by atoms with E-state index in [0.29, 0.717) is 23.1 Å². The molecule has 19 heavy (non-hydrogen) atoms. The highest BCUT2D eigenvalue weighted by Gasteiger charge is 2.20. The predicted molar refractivity (Wildman–Crippen MR) is 68.2 cm³/mol. The maximum atomic E-state index is 14.2. The van der Waals surface area contributed by atoms with Gasteiger partial charge in [0.2, 0.25) is 0 Å². The smallest absolute Gasteiger partial charge is 0.150 e. The SMILES string of the molecule is FCCc1ccc2c(cnn2C2CCCCO2)c1F. The highest BCUT2D eigenvalue weighted by molar-refractivity contribution is 5.80. The third-order valence-corrected chi connectivity index (χ3v) is 3.59. The molecule has 3 rings (SSSR count). The Bertz CT molecular complexity index is 576. The van der Waals surface area contributed by atoms with Crippen molar-refractivity contribution in [2.24, 2.45) is 0 Å². The van der Waals surface area contributed by atoms with E-state index in [2.05, 4.69) is 5.10 Å². The summed E-state index contributed by atoms with van der Waals surface area (Å²) in [5, 5.41) is 4.68. The van der Waals surface area contributed by atoms with Crippen molar-refractivity contribution in [3.8, 4) is 0 Å². The van der Waals surface area contributed by atoms with Gasteiger partial charge in [-0.05, 0) is 30.9 Å². The Balaban J connectivity index is 2.01. The number of aromatic nitrogens is 2. The van der Waals surface area contributed by atoms with Crippen LogP contribution in [0.4, 0.5) is 8.78 Å². The zero-order valence-corrected chi connectivity index (χ0v) is 10.6. The van der Waals surface area contributed by atoms with Crippen LogP contribution in [0.5, 0.6) is 0 Å². The summed E-state index contributed by atoms with van der Waals surface area (Å²) in [6.07, 6.45) is 4.54. The highest BCUT2D eigenvalue weighted by Crippen LogP contribution is 2.28. The van der Waals surface area contributed by atoms with Crippen LogP contribution in [0.1, 0.15) is 31.1 Å². The topological polar surface area (TPSA) is 27.1 Å². The molecule has 0 radical (unpaired) electrons. The van der Waals surface area contributed by atoms with Gasteiger partial charge in [-0.3, -0.25) is 4.39 Å². The number of halogens is 2. The van der Waals surface area contributed by atoms with Crippen LogP contribution in [0.25, 0.3) is 10.9 Å². The number of hydrogen-bond donors (Lipinski definition) is 0. The first-order chi connectivity index (χ1) is 9.31. The van der Waals surface area contributed by atoms with Crippen molar-refractivity contribution in [3.05, 3.63) is 29.7 Å². The van der Waals surface area contributed by atoms with Crippen molar-refractivity contribution in [2.45, 2.75) is 31.9 Å². The maximum Gasteiger partial charge on any atom is 0.150 e. The zero-order valence-electron chi connectivity index (χ0n) is 10.6. The Kier molecular flexibility index (Phi) is 3.46. The minimum atomic E-state index is -0.553. The van der Waals surface area contributed by atoms with Crippen LogP contribution in [0, 0.1) is 5.82 Å². The summed E-state index contributed by atoms with van der Waals surface area (Å²) in [6, 6.07) is 3.44. The average molecular weight is 266 g/mol. The van der Waals surface area contributed by atoms with Crippen molar-refractivity contribution in [1.82, 2.24) is 9.78 Å². The van der Waals surface area contributed by atoms with Crippen LogP contribution in [-0.2, 0) is 11.2 Å². The molecule has 1 fully saturated rings. The van der Waals surface area contributed by atoms with Gasteiger partial charge in [0.1, 0.15) is 5.82 Å². The van der Waals surface area contributed by atoms with Crippen molar-refractivity contribution >= 4 is 10.9 Å². The summed E-state index contributed by atoms with van der Waals surface area (Å²) in [7, 11) is 0. The third kappa shape index (κ3) is 2.23. The monoisotopic (exact) mass is 266 g/mol. The normalized spacial score (nSPS) is 20.0. The minimum absolute atomic E-state index is 0.104. The molecule has 2 heterocycles. The molecule has 3 nitrogen and oxygen atoms in total.